The summed E-state index contributed by atoms with van der Waals surface area (Å²) in [5.41, 5.74) is 0. The number of Topliss-reactive ketones (excluding diaryl/α,β-unsaturated/α-hetero) is 1. The molecule has 1 heterocycles. The molecule has 0 aromatic heterocycles. The molecular formula is C10H18O2. The van der Waals surface area contributed by atoms with Gasteiger partial charge < -0.3 is 9.53 Å². The summed E-state index contributed by atoms with van der Waals surface area (Å²) >= 11 is 0. The Morgan fingerprint density at radius 3 is 2.92 bits per heavy atom. The third-order valence-electron chi connectivity index (χ3n) is 2.33. The van der Waals surface area contributed by atoms with Crippen LogP contribution in [0.25, 0.3) is 0 Å². The second-order valence-corrected chi connectivity index (χ2v) is 3.58. The molecule has 70 valence electrons. The molecule has 0 bridgehead atoms. The topological polar surface area (TPSA) is 26.3 Å². The Morgan fingerprint density at radius 1 is 1.50 bits per heavy atom. The molecule has 0 amide bonds. The summed E-state index contributed by atoms with van der Waals surface area (Å²) in [5, 5.41) is 0. The van der Waals surface area contributed by atoms with Gasteiger partial charge >= 0.3 is 0 Å². The van der Waals surface area contributed by atoms with Crippen LogP contribution in [0.5, 0.6) is 0 Å². The van der Waals surface area contributed by atoms with Crippen molar-refractivity contribution in [2.75, 3.05) is 6.61 Å². The van der Waals surface area contributed by atoms with E-state index in [0.29, 0.717) is 11.9 Å². The zero-order valence-electron chi connectivity index (χ0n) is 7.84. The lowest BCUT2D eigenvalue weighted by molar-refractivity contribution is -0.117. The van der Waals surface area contributed by atoms with Gasteiger partial charge in [0.05, 0.1) is 6.10 Å². The molecule has 1 aliphatic rings. The van der Waals surface area contributed by atoms with E-state index in [-0.39, 0.29) is 0 Å². The number of ketones is 1. The fourth-order valence-corrected chi connectivity index (χ4v) is 1.61. The number of carbonyl (C=O) groups excluding carboxylic acids is 1. The molecule has 0 saturated carbocycles. The van der Waals surface area contributed by atoms with Gasteiger partial charge in [0.1, 0.15) is 5.78 Å². The van der Waals surface area contributed by atoms with Crippen molar-refractivity contribution in [3.63, 3.8) is 0 Å². The fourth-order valence-electron chi connectivity index (χ4n) is 1.61. The van der Waals surface area contributed by atoms with Crippen molar-refractivity contribution in [2.45, 2.75) is 51.6 Å². The number of carbonyl (C=O) groups is 1. The van der Waals surface area contributed by atoms with Gasteiger partial charge in [-0.25, -0.2) is 0 Å². The summed E-state index contributed by atoms with van der Waals surface area (Å²) in [6.45, 7) is 2.58. The first-order valence-electron chi connectivity index (χ1n) is 4.90. The average molecular weight is 170 g/mol. The Balaban J connectivity index is 2.01. The lowest BCUT2D eigenvalue weighted by Gasteiger charge is -2.22. The summed E-state index contributed by atoms with van der Waals surface area (Å²) < 4.78 is 5.55. The zero-order chi connectivity index (χ0) is 8.81. The smallest absolute Gasteiger partial charge is 0.129 e. The van der Waals surface area contributed by atoms with Crippen molar-refractivity contribution in [3.8, 4) is 0 Å². The van der Waals surface area contributed by atoms with Crippen molar-refractivity contribution < 1.29 is 9.53 Å². The van der Waals surface area contributed by atoms with Crippen molar-refractivity contribution in [2.24, 2.45) is 0 Å². The van der Waals surface area contributed by atoms with E-state index in [4.69, 9.17) is 4.74 Å². The molecule has 12 heavy (non-hydrogen) atoms. The molecule has 2 nitrogen and oxygen atoms in total. The van der Waals surface area contributed by atoms with E-state index in [1.807, 2.05) is 0 Å². The summed E-state index contributed by atoms with van der Waals surface area (Å²) in [5.74, 6) is 0.297. The van der Waals surface area contributed by atoms with Gasteiger partial charge in [0.25, 0.3) is 0 Å². The lowest BCUT2D eigenvalue weighted by Crippen LogP contribution is -2.18. The van der Waals surface area contributed by atoms with Crippen LogP contribution in [0.15, 0.2) is 0 Å². The maximum Gasteiger partial charge on any atom is 0.129 e. The van der Waals surface area contributed by atoms with E-state index in [1.54, 1.807) is 6.92 Å². The number of ether oxygens (including phenoxy) is 1. The molecule has 0 aliphatic carbocycles. The van der Waals surface area contributed by atoms with E-state index >= 15 is 0 Å². The summed E-state index contributed by atoms with van der Waals surface area (Å²) in [6.07, 6.45) is 6.93. The van der Waals surface area contributed by atoms with Crippen LogP contribution < -0.4 is 0 Å². The minimum atomic E-state index is 0.297. The van der Waals surface area contributed by atoms with Crippen LogP contribution in [-0.2, 0) is 9.53 Å². The first-order valence-corrected chi connectivity index (χ1v) is 4.90. The molecule has 1 unspecified atom stereocenters. The predicted molar refractivity (Wildman–Crippen MR) is 48.1 cm³/mol. The largest absolute Gasteiger partial charge is 0.378 e. The first kappa shape index (κ1) is 9.72. The van der Waals surface area contributed by atoms with E-state index < -0.39 is 0 Å². The summed E-state index contributed by atoms with van der Waals surface area (Å²) in [4.78, 5) is 10.6. The maximum absolute atomic E-state index is 10.6. The van der Waals surface area contributed by atoms with Gasteiger partial charge in [-0.2, -0.15) is 0 Å². The minimum Gasteiger partial charge on any atom is -0.378 e. The van der Waals surface area contributed by atoms with Crippen molar-refractivity contribution in [3.05, 3.63) is 0 Å². The second-order valence-electron chi connectivity index (χ2n) is 3.58. The van der Waals surface area contributed by atoms with Crippen LogP contribution >= 0.6 is 0 Å². The predicted octanol–water partition coefficient (Wildman–Crippen LogP) is 2.31. The Morgan fingerprint density at radius 2 is 2.33 bits per heavy atom. The first-order chi connectivity index (χ1) is 5.79. The van der Waals surface area contributed by atoms with Gasteiger partial charge in [0, 0.05) is 13.0 Å². The van der Waals surface area contributed by atoms with Gasteiger partial charge in [-0.3, -0.25) is 0 Å². The number of hydrogen-bond acceptors (Lipinski definition) is 2. The summed E-state index contributed by atoms with van der Waals surface area (Å²) in [6, 6.07) is 0. The third kappa shape index (κ3) is 3.86. The molecule has 1 aliphatic heterocycles. The van der Waals surface area contributed by atoms with Gasteiger partial charge in [-0.05, 0) is 39.0 Å². The lowest BCUT2D eigenvalue weighted by atomic mass is 10.0. The Hall–Kier alpha value is -0.370. The molecule has 0 radical (unpaired) electrons. The van der Waals surface area contributed by atoms with E-state index in [0.717, 1.165) is 25.9 Å². The molecule has 1 saturated heterocycles. The highest BCUT2D eigenvalue weighted by molar-refractivity contribution is 5.75. The molecule has 1 fully saturated rings. The van der Waals surface area contributed by atoms with Crippen LogP contribution in [0.4, 0.5) is 0 Å². The fraction of sp³-hybridized carbons (Fsp3) is 0.900. The van der Waals surface area contributed by atoms with Gasteiger partial charge in [-0.1, -0.05) is 0 Å². The van der Waals surface area contributed by atoms with Gasteiger partial charge in [0.15, 0.2) is 0 Å². The molecular weight excluding hydrogens is 152 g/mol. The van der Waals surface area contributed by atoms with E-state index in [2.05, 4.69) is 0 Å². The van der Waals surface area contributed by atoms with Crippen LogP contribution in [0.2, 0.25) is 0 Å². The Bertz CT molecular complexity index is 137. The van der Waals surface area contributed by atoms with E-state index in [9.17, 15) is 4.79 Å². The normalized spacial score (nSPS) is 23.9. The number of hydrogen-bond donors (Lipinski definition) is 0. The van der Waals surface area contributed by atoms with Crippen LogP contribution in [0.1, 0.15) is 45.4 Å². The zero-order valence-corrected chi connectivity index (χ0v) is 7.84. The van der Waals surface area contributed by atoms with Gasteiger partial charge in [0.2, 0.25) is 0 Å². The second kappa shape index (κ2) is 5.31. The molecule has 1 rings (SSSR count). The molecule has 1 atom stereocenters. The van der Waals surface area contributed by atoms with Crippen molar-refractivity contribution >= 4 is 5.78 Å². The number of rotatable bonds is 4. The summed E-state index contributed by atoms with van der Waals surface area (Å²) in [7, 11) is 0. The van der Waals surface area contributed by atoms with Crippen LogP contribution in [-0.4, -0.2) is 18.5 Å². The van der Waals surface area contributed by atoms with Crippen molar-refractivity contribution in [1.82, 2.24) is 0 Å². The quantitative estimate of drug-likeness (QED) is 0.647. The SMILES string of the molecule is CC(=O)CCCC1CCCCO1. The monoisotopic (exact) mass is 170 g/mol. The van der Waals surface area contributed by atoms with Crippen LogP contribution in [0.3, 0.4) is 0 Å². The van der Waals surface area contributed by atoms with Crippen LogP contribution in [0, 0.1) is 0 Å². The van der Waals surface area contributed by atoms with Crippen molar-refractivity contribution in [1.29, 1.82) is 0 Å². The van der Waals surface area contributed by atoms with Gasteiger partial charge in [-0.15, -0.1) is 0 Å². The molecule has 2 heteroatoms. The highest BCUT2D eigenvalue weighted by atomic mass is 16.5. The average Bonchev–Trinajstić information content (AvgIpc) is 2.05. The highest BCUT2D eigenvalue weighted by Crippen LogP contribution is 2.17. The maximum atomic E-state index is 10.6. The Kier molecular flexibility index (Phi) is 4.30. The standard InChI is InChI=1S/C10H18O2/c1-9(11)5-4-7-10-6-2-3-8-12-10/h10H,2-8H2,1H3. The molecule has 0 N–H and O–H groups in total. The highest BCUT2D eigenvalue weighted by Gasteiger charge is 2.12. The molecule has 0 aromatic carbocycles. The molecule has 0 spiro atoms. The Labute approximate surface area is 74.3 Å². The third-order valence-corrected chi connectivity index (χ3v) is 2.33. The van der Waals surface area contributed by atoms with E-state index in [1.165, 1.54) is 19.3 Å². The minimum absolute atomic E-state index is 0.297. The molecule has 0 aromatic rings.